The Labute approximate surface area is 96.0 Å². The third-order valence-electron chi connectivity index (χ3n) is 2.68. The Bertz CT molecular complexity index is 704. The van der Waals surface area contributed by atoms with Crippen LogP contribution >= 0.6 is 0 Å². The van der Waals surface area contributed by atoms with Gasteiger partial charge >= 0.3 is 5.82 Å². The van der Waals surface area contributed by atoms with Gasteiger partial charge < -0.3 is 10.1 Å². The van der Waals surface area contributed by atoms with Gasteiger partial charge in [-0.1, -0.05) is 18.2 Å². The fraction of sp³-hybridized carbons (Fsp3) is 0.0909. The normalized spacial score (nSPS) is 11.1. The van der Waals surface area contributed by atoms with Gasteiger partial charge in [0.15, 0.2) is 5.82 Å². The number of fused-ring (bicyclic) bond motifs is 3. The van der Waals surface area contributed by atoms with Crippen molar-refractivity contribution in [2.45, 2.75) is 0 Å². The van der Waals surface area contributed by atoms with Crippen molar-refractivity contribution in [3.63, 3.8) is 0 Å². The molecular formula is C11H8N4O2. The molecule has 0 unspecified atom stereocenters. The van der Waals surface area contributed by atoms with Crippen LogP contribution < -0.4 is 0 Å². The van der Waals surface area contributed by atoms with E-state index in [0.29, 0.717) is 5.82 Å². The van der Waals surface area contributed by atoms with Gasteiger partial charge in [0.2, 0.25) is 0 Å². The minimum absolute atomic E-state index is 0.168. The van der Waals surface area contributed by atoms with E-state index in [1.807, 2.05) is 24.3 Å². The molecule has 0 spiro atoms. The van der Waals surface area contributed by atoms with Crippen molar-refractivity contribution in [2.24, 2.45) is 7.05 Å². The molecule has 0 N–H and O–H groups in total. The number of benzene rings is 1. The standard InChI is InChI=1S/C11H8N4O2/c1-14-11-8(6-10(13-14)15(16)17)7-4-2-3-5-9(7)12-11/h2-6H,1H3. The first-order valence-corrected chi connectivity index (χ1v) is 5.04. The zero-order valence-corrected chi connectivity index (χ0v) is 8.99. The summed E-state index contributed by atoms with van der Waals surface area (Å²) in [6, 6.07) is 9.01. The van der Waals surface area contributed by atoms with E-state index in [0.717, 1.165) is 16.5 Å². The van der Waals surface area contributed by atoms with Crippen LogP contribution in [0.1, 0.15) is 0 Å². The number of para-hydroxylation sites is 1. The van der Waals surface area contributed by atoms with E-state index in [-0.39, 0.29) is 5.82 Å². The molecule has 1 aromatic rings. The van der Waals surface area contributed by atoms with Gasteiger partial charge in [-0.25, -0.2) is 4.98 Å². The predicted molar refractivity (Wildman–Crippen MR) is 61.8 cm³/mol. The van der Waals surface area contributed by atoms with Crippen molar-refractivity contribution >= 4 is 16.7 Å². The van der Waals surface area contributed by atoms with Gasteiger partial charge in [0.05, 0.1) is 23.7 Å². The van der Waals surface area contributed by atoms with Gasteiger partial charge in [-0.3, -0.25) is 0 Å². The Morgan fingerprint density at radius 1 is 1.35 bits per heavy atom. The maximum absolute atomic E-state index is 10.8. The van der Waals surface area contributed by atoms with Crippen LogP contribution in [0, 0.1) is 10.1 Å². The van der Waals surface area contributed by atoms with E-state index < -0.39 is 4.92 Å². The second-order valence-corrected chi connectivity index (χ2v) is 3.75. The number of hydrogen-bond acceptors (Lipinski definition) is 4. The summed E-state index contributed by atoms with van der Waals surface area (Å²) in [5, 5.41) is 15.5. The van der Waals surface area contributed by atoms with E-state index in [1.165, 1.54) is 10.7 Å². The zero-order valence-electron chi connectivity index (χ0n) is 8.99. The number of aryl methyl sites for hydroxylation is 1. The predicted octanol–water partition coefficient (Wildman–Crippen LogP) is 1.98. The third kappa shape index (κ3) is 1.34. The Balaban J connectivity index is 2.45. The molecule has 3 rings (SSSR count). The summed E-state index contributed by atoms with van der Waals surface area (Å²) in [6.07, 6.45) is 0. The Morgan fingerprint density at radius 2 is 2.12 bits per heavy atom. The number of nitro groups is 1. The highest BCUT2D eigenvalue weighted by Gasteiger charge is 2.21. The van der Waals surface area contributed by atoms with Crippen molar-refractivity contribution in [2.75, 3.05) is 0 Å². The topological polar surface area (TPSA) is 73.8 Å². The van der Waals surface area contributed by atoms with Crippen molar-refractivity contribution in [1.29, 1.82) is 0 Å². The van der Waals surface area contributed by atoms with Crippen LogP contribution in [0.3, 0.4) is 0 Å². The monoisotopic (exact) mass is 228 g/mol. The summed E-state index contributed by atoms with van der Waals surface area (Å²) in [4.78, 5) is 14.7. The molecule has 6 heteroatoms. The minimum Gasteiger partial charge on any atom is -0.358 e. The van der Waals surface area contributed by atoms with E-state index in [2.05, 4.69) is 10.1 Å². The number of rotatable bonds is 1. The maximum Gasteiger partial charge on any atom is 0.389 e. The number of aromatic nitrogens is 3. The summed E-state index contributed by atoms with van der Waals surface area (Å²) in [5.41, 5.74) is 1.57. The molecule has 0 amide bonds. The highest BCUT2D eigenvalue weighted by atomic mass is 16.6. The van der Waals surface area contributed by atoms with E-state index in [4.69, 9.17) is 0 Å². The fourth-order valence-electron chi connectivity index (χ4n) is 1.93. The van der Waals surface area contributed by atoms with Crippen LogP contribution in [0.15, 0.2) is 30.3 Å². The molecule has 2 heterocycles. The first kappa shape index (κ1) is 9.71. The van der Waals surface area contributed by atoms with Crippen LogP contribution in [-0.4, -0.2) is 19.7 Å². The van der Waals surface area contributed by atoms with Crippen molar-refractivity contribution in [3.8, 4) is 11.4 Å². The summed E-state index contributed by atoms with van der Waals surface area (Å²) in [7, 11) is 1.65. The van der Waals surface area contributed by atoms with Gasteiger partial charge in [-0.15, -0.1) is 0 Å². The van der Waals surface area contributed by atoms with Crippen molar-refractivity contribution in [3.05, 3.63) is 40.4 Å². The van der Waals surface area contributed by atoms with E-state index >= 15 is 0 Å². The van der Waals surface area contributed by atoms with Gasteiger partial charge in [-0.2, -0.15) is 4.68 Å². The quantitative estimate of drug-likeness (QED) is 0.471. The highest BCUT2D eigenvalue weighted by molar-refractivity contribution is 5.96. The summed E-state index contributed by atoms with van der Waals surface area (Å²) in [6.45, 7) is 0. The van der Waals surface area contributed by atoms with Crippen molar-refractivity contribution in [1.82, 2.24) is 14.8 Å². The molecule has 0 atom stereocenters. The molecule has 6 nitrogen and oxygen atoms in total. The molecule has 0 aromatic heterocycles. The SMILES string of the molecule is Cn1nc([N+](=O)[O-])cc2c3ccccc3nc1-2. The number of nitrogens with zero attached hydrogens (tertiary/aromatic N) is 4. The fourth-order valence-corrected chi connectivity index (χ4v) is 1.93. The molecule has 2 aliphatic heterocycles. The van der Waals surface area contributed by atoms with E-state index in [1.54, 1.807) is 7.05 Å². The molecule has 0 aliphatic carbocycles. The molecule has 1 aromatic carbocycles. The Hall–Kier alpha value is -2.50. The van der Waals surface area contributed by atoms with Crippen LogP contribution in [0.4, 0.5) is 5.82 Å². The average molecular weight is 228 g/mol. The smallest absolute Gasteiger partial charge is 0.358 e. The number of hydrogen-bond donors (Lipinski definition) is 0. The van der Waals surface area contributed by atoms with Gasteiger partial charge in [0, 0.05) is 10.9 Å². The molecule has 2 aliphatic rings. The van der Waals surface area contributed by atoms with Gasteiger partial charge in [-0.05, 0) is 11.0 Å². The van der Waals surface area contributed by atoms with Crippen molar-refractivity contribution < 1.29 is 4.92 Å². The first-order chi connectivity index (χ1) is 8.16. The third-order valence-corrected chi connectivity index (χ3v) is 2.68. The van der Waals surface area contributed by atoms with Crippen LogP contribution in [0.2, 0.25) is 0 Å². The van der Waals surface area contributed by atoms with Gasteiger partial charge in [0.1, 0.15) is 0 Å². The highest BCUT2D eigenvalue weighted by Crippen LogP contribution is 2.31. The molecule has 0 saturated heterocycles. The molecule has 0 bridgehead atoms. The Kier molecular flexibility index (Phi) is 1.85. The van der Waals surface area contributed by atoms with Crippen LogP contribution in [0.25, 0.3) is 22.3 Å². The van der Waals surface area contributed by atoms with Crippen LogP contribution in [0.5, 0.6) is 0 Å². The largest absolute Gasteiger partial charge is 0.389 e. The lowest BCUT2D eigenvalue weighted by Crippen LogP contribution is -2.05. The van der Waals surface area contributed by atoms with Gasteiger partial charge in [0.25, 0.3) is 0 Å². The summed E-state index contributed by atoms with van der Waals surface area (Å²) in [5.74, 6) is 0.481. The Morgan fingerprint density at radius 3 is 2.88 bits per heavy atom. The second-order valence-electron chi connectivity index (χ2n) is 3.75. The molecule has 84 valence electrons. The second kappa shape index (κ2) is 3.24. The summed E-state index contributed by atoms with van der Waals surface area (Å²) >= 11 is 0. The lowest BCUT2D eigenvalue weighted by Gasteiger charge is -2.01. The average Bonchev–Trinajstić information content (AvgIpc) is 2.68. The van der Waals surface area contributed by atoms with Crippen LogP contribution in [-0.2, 0) is 7.05 Å². The zero-order chi connectivity index (χ0) is 12.0. The molecule has 0 radical (unpaired) electrons. The molecule has 0 saturated carbocycles. The minimum atomic E-state index is -0.499. The maximum atomic E-state index is 10.8. The molecule has 0 fully saturated rings. The lowest BCUT2D eigenvalue weighted by atomic mass is 10.1. The lowest BCUT2D eigenvalue weighted by molar-refractivity contribution is -0.390. The first-order valence-electron chi connectivity index (χ1n) is 5.04. The molecular weight excluding hydrogens is 220 g/mol. The van der Waals surface area contributed by atoms with E-state index in [9.17, 15) is 10.1 Å². The molecule has 17 heavy (non-hydrogen) atoms. The summed E-state index contributed by atoms with van der Waals surface area (Å²) < 4.78 is 1.44.